The molecule has 1 aliphatic rings. The van der Waals surface area contributed by atoms with E-state index in [9.17, 15) is 4.79 Å². The molecule has 0 radical (unpaired) electrons. The van der Waals surface area contributed by atoms with Crippen molar-refractivity contribution in [3.8, 4) is 0 Å². The maximum Gasteiger partial charge on any atom is 0.213 e. The molecule has 1 fully saturated rings. The molecule has 13 heavy (non-hydrogen) atoms. The molecule has 3 heteroatoms. The molecular formula is C10H14BrNO. The van der Waals surface area contributed by atoms with Crippen molar-refractivity contribution in [1.29, 1.82) is 0 Å². The number of carbonyl (C=O) groups excluding carboxylic acids is 1. The first-order valence-electron chi connectivity index (χ1n) is 4.38. The maximum atomic E-state index is 10.6. The van der Waals surface area contributed by atoms with Crippen molar-refractivity contribution < 1.29 is 4.79 Å². The quantitative estimate of drug-likeness (QED) is 0.550. The lowest BCUT2D eigenvalue weighted by molar-refractivity contribution is -0.116. The number of hydrogen-bond acceptors (Lipinski definition) is 1. The Hall–Kier alpha value is -0.570. The third-order valence-electron chi connectivity index (χ3n) is 1.79. The average molecular weight is 244 g/mol. The van der Waals surface area contributed by atoms with Crippen LogP contribution in [0, 0.1) is 0 Å². The van der Waals surface area contributed by atoms with E-state index >= 15 is 0 Å². The predicted molar refractivity (Wildman–Crippen MR) is 57.4 cm³/mol. The van der Waals surface area contributed by atoms with Crippen LogP contribution in [0.2, 0.25) is 0 Å². The summed E-state index contributed by atoms with van der Waals surface area (Å²) in [6.45, 7) is 4.05. The number of allylic oxidation sites excluding steroid dienone is 3. The molecule has 0 aromatic rings. The molecule has 72 valence electrons. The molecule has 0 spiro atoms. The van der Waals surface area contributed by atoms with E-state index < -0.39 is 0 Å². The zero-order chi connectivity index (χ0) is 9.84. The van der Waals surface area contributed by atoms with E-state index in [1.165, 1.54) is 5.57 Å². The van der Waals surface area contributed by atoms with E-state index in [2.05, 4.69) is 15.9 Å². The molecule has 0 saturated heterocycles. The first-order valence-corrected chi connectivity index (χ1v) is 5.17. The summed E-state index contributed by atoms with van der Waals surface area (Å²) in [5.41, 5.74) is 1.21. The van der Waals surface area contributed by atoms with Gasteiger partial charge in [0.1, 0.15) is 0 Å². The molecular weight excluding hydrogens is 230 g/mol. The summed E-state index contributed by atoms with van der Waals surface area (Å²) in [4.78, 5) is 12.4. The van der Waals surface area contributed by atoms with Gasteiger partial charge in [-0.05, 0) is 48.7 Å². The van der Waals surface area contributed by atoms with Gasteiger partial charge in [-0.3, -0.25) is 4.79 Å². The van der Waals surface area contributed by atoms with Gasteiger partial charge in [0, 0.05) is 16.7 Å². The highest BCUT2D eigenvalue weighted by Gasteiger charge is 2.26. The molecule has 0 bridgehead atoms. The first-order chi connectivity index (χ1) is 6.13. The summed E-state index contributed by atoms with van der Waals surface area (Å²) in [6.07, 6.45) is 6.99. The number of carbonyl (C=O) groups is 1. The molecule has 0 atom stereocenters. The molecule has 1 amide bonds. The van der Waals surface area contributed by atoms with Crippen LogP contribution in [0.25, 0.3) is 0 Å². The third-order valence-corrected chi connectivity index (χ3v) is 2.22. The summed E-state index contributed by atoms with van der Waals surface area (Å²) < 4.78 is 0.950. The zero-order valence-electron chi connectivity index (χ0n) is 7.96. The van der Waals surface area contributed by atoms with Gasteiger partial charge in [0.25, 0.3) is 0 Å². The summed E-state index contributed by atoms with van der Waals surface area (Å²) >= 11 is 3.40. The summed E-state index contributed by atoms with van der Waals surface area (Å²) in [7, 11) is 0. The fraction of sp³-hybridized carbons (Fsp3) is 0.500. The molecule has 0 unspecified atom stereocenters. The molecule has 2 nitrogen and oxygen atoms in total. The Morgan fingerprint density at radius 1 is 1.46 bits per heavy atom. The van der Waals surface area contributed by atoms with Crippen LogP contribution in [0.4, 0.5) is 0 Å². The van der Waals surface area contributed by atoms with Crippen molar-refractivity contribution in [2.24, 2.45) is 0 Å². The fourth-order valence-corrected chi connectivity index (χ4v) is 1.74. The number of halogens is 1. The Kier molecular flexibility index (Phi) is 3.72. The lowest BCUT2D eigenvalue weighted by Gasteiger charge is -2.10. The normalized spacial score (nSPS) is 16.7. The van der Waals surface area contributed by atoms with Gasteiger partial charge in [-0.2, -0.15) is 0 Å². The topological polar surface area (TPSA) is 20.3 Å². The Bertz CT molecular complexity index is 250. The molecule has 1 saturated carbocycles. The van der Waals surface area contributed by atoms with Crippen molar-refractivity contribution in [1.82, 2.24) is 4.90 Å². The Morgan fingerprint density at radius 2 is 2.08 bits per heavy atom. The minimum Gasteiger partial charge on any atom is -0.317 e. The highest BCUT2D eigenvalue weighted by molar-refractivity contribution is 9.11. The largest absolute Gasteiger partial charge is 0.317 e. The fourth-order valence-electron chi connectivity index (χ4n) is 1.05. The van der Waals surface area contributed by atoms with E-state index in [-0.39, 0.29) is 0 Å². The standard InChI is InChI=1S/C10H14BrNO/c1-8(2)5-9(11)6-12(7-13)10-3-4-10/h5-7,10H,3-4H2,1-2H3/b9-6+. The van der Waals surface area contributed by atoms with E-state index in [4.69, 9.17) is 0 Å². The molecule has 0 N–H and O–H groups in total. The van der Waals surface area contributed by atoms with Crippen LogP contribution in [0.15, 0.2) is 22.3 Å². The Morgan fingerprint density at radius 3 is 2.46 bits per heavy atom. The molecule has 0 aromatic heterocycles. The first kappa shape index (κ1) is 10.5. The molecule has 0 aliphatic heterocycles. The second-order valence-corrected chi connectivity index (χ2v) is 4.44. The maximum absolute atomic E-state index is 10.6. The molecule has 1 aliphatic carbocycles. The van der Waals surface area contributed by atoms with Gasteiger partial charge in [0.05, 0.1) is 0 Å². The van der Waals surface area contributed by atoms with E-state index in [0.717, 1.165) is 23.7 Å². The van der Waals surface area contributed by atoms with E-state index in [0.29, 0.717) is 6.04 Å². The van der Waals surface area contributed by atoms with Crippen LogP contribution in [0.5, 0.6) is 0 Å². The minimum atomic E-state index is 0.440. The Balaban J connectivity index is 2.60. The van der Waals surface area contributed by atoms with Gasteiger partial charge in [-0.1, -0.05) is 5.57 Å². The average Bonchev–Trinajstić information content (AvgIpc) is 2.81. The van der Waals surface area contributed by atoms with Crippen LogP contribution < -0.4 is 0 Å². The van der Waals surface area contributed by atoms with Crippen molar-refractivity contribution in [3.63, 3.8) is 0 Å². The van der Waals surface area contributed by atoms with E-state index in [1.807, 2.05) is 26.1 Å². The highest BCUT2D eigenvalue weighted by atomic mass is 79.9. The number of nitrogens with zero attached hydrogens (tertiary/aromatic N) is 1. The van der Waals surface area contributed by atoms with Crippen molar-refractivity contribution in [3.05, 3.63) is 22.3 Å². The van der Waals surface area contributed by atoms with Crippen LogP contribution >= 0.6 is 15.9 Å². The summed E-state index contributed by atoms with van der Waals surface area (Å²) in [5.74, 6) is 0. The zero-order valence-corrected chi connectivity index (χ0v) is 9.54. The van der Waals surface area contributed by atoms with Crippen molar-refractivity contribution in [2.75, 3.05) is 0 Å². The van der Waals surface area contributed by atoms with Gasteiger partial charge in [-0.15, -0.1) is 0 Å². The van der Waals surface area contributed by atoms with Crippen LogP contribution in [0.1, 0.15) is 26.7 Å². The summed E-state index contributed by atoms with van der Waals surface area (Å²) in [6, 6.07) is 0.440. The second-order valence-electron chi connectivity index (χ2n) is 3.52. The summed E-state index contributed by atoms with van der Waals surface area (Å²) in [5, 5.41) is 0. The number of amides is 1. The smallest absolute Gasteiger partial charge is 0.213 e. The third kappa shape index (κ3) is 3.77. The minimum absolute atomic E-state index is 0.440. The number of hydrogen-bond donors (Lipinski definition) is 0. The van der Waals surface area contributed by atoms with Crippen LogP contribution in [0.3, 0.4) is 0 Å². The van der Waals surface area contributed by atoms with Gasteiger partial charge in [0.2, 0.25) is 6.41 Å². The van der Waals surface area contributed by atoms with Gasteiger partial charge in [0.15, 0.2) is 0 Å². The Labute approximate surface area is 87.4 Å². The SMILES string of the molecule is CC(C)=C/C(Br)=C\N(C=O)C1CC1. The molecule has 1 rings (SSSR count). The van der Waals surface area contributed by atoms with Crippen LogP contribution in [-0.2, 0) is 4.79 Å². The molecule has 0 heterocycles. The van der Waals surface area contributed by atoms with Crippen LogP contribution in [-0.4, -0.2) is 17.4 Å². The van der Waals surface area contributed by atoms with Gasteiger partial charge < -0.3 is 4.90 Å². The van der Waals surface area contributed by atoms with Gasteiger partial charge >= 0.3 is 0 Å². The van der Waals surface area contributed by atoms with Crippen molar-refractivity contribution >= 4 is 22.3 Å². The lowest BCUT2D eigenvalue weighted by Crippen LogP contribution is -2.17. The highest BCUT2D eigenvalue weighted by Crippen LogP contribution is 2.27. The lowest BCUT2D eigenvalue weighted by atomic mass is 10.3. The van der Waals surface area contributed by atoms with Crippen molar-refractivity contribution in [2.45, 2.75) is 32.7 Å². The monoisotopic (exact) mass is 243 g/mol. The van der Waals surface area contributed by atoms with E-state index in [1.54, 1.807) is 4.90 Å². The molecule has 0 aromatic carbocycles. The number of rotatable bonds is 4. The van der Waals surface area contributed by atoms with Gasteiger partial charge in [-0.25, -0.2) is 0 Å². The second kappa shape index (κ2) is 4.61. The predicted octanol–water partition coefficient (Wildman–Crippen LogP) is 2.81.